The Balaban J connectivity index is 1.55. The molecule has 0 aliphatic rings. The third kappa shape index (κ3) is 3.36. The number of hydrogen-bond acceptors (Lipinski definition) is 6. The smallest absolute Gasteiger partial charge is 0.129 e. The number of para-hydroxylation sites is 1. The van der Waals surface area contributed by atoms with Crippen LogP contribution in [0.1, 0.15) is 5.69 Å². The Morgan fingerprint density at radius 2 is 1.92 bits per heavy atom. The minimum atomic E-state index is 0.758. The Labute approximate surface area is 153 Å². The third-order valence-electron chi connectivity index (χ3n) is 3.78. The topological polar surface area (TPSA) is 47.9 Å². The van der Waals surface area contributed by atoms with Crippen molar-refractivity contribution in [3.8, 4) is 16.3 Å². The number of methoxy groups -OCH3 is 1. The second kappa shape index (κ2) is 7.21. The molecule has 0 unspecified atom stereocenters. The molecule has 25 heavy (non-hydrogen) atoms. The molecule has 0 aliphatic carbocycles. The summed E-state index contributed by atoms with van der Waals surface area (Å²) in [5, 5.41) is 14.6. The van der Waals surface area contributed by atoms with Gasteiger partial charge in [-0.1, -0.05) is 48.2 Å². The van der Waals surface area contributed by atoms with E-state index in [0.717, 1.165) is 43.6 Å². The molecule has 124 valence electrons. The second-order valence-corrected chi connectivity index (χ2v) is 7.19. The quantitative estimate of drug-likeness (QED) is 0.463. The Bertz CT molecular complexity index is 1010. The average Bonchev–Trinajstić information content (AvgIpc) is 3.15. The normalized spacial score (nSPS) is 10.9. The Morgan fingerprint density at radius 3 is 2.84 bits per heavy atom. The van der Waals surface area contributed by atoms with E-state index in [-0.39, 0.29) is 0 Å². The van der Waals surface area contributed by atoms with Crippen LogP contribution in [-0.2, 0) is 5.75 Å². The molecule has 2 aromatic heterocycles. The van der Waals surface area contributed by atoms with Gasteiger partial charge in [-0.05, 0) is 12.1 Å². The maximum absolute atomic E-state index is 5.43. The minimum absolute atomic E-state index is 0.758. The van der Waals surface area contributed by atoms with Crippen LogP contribution >= 0.6 is 23.1 Å². The summed E-state index contributed by atoms with van der Waals surface area (Å²) in [7, 11) is 1.68. The van der Waals surface area contributed by atoms with Crippen molar-refractivity contribution in [3.05, 3.63) is 65.8 Å². The predicted octanol–water partition coefficient (Wildman–Crippen LogP) is 5.05. The number of fused-ring (bicyclic) bond motifs is 1. The molecule has 0 bridgehead atoms. The summed E-state index contributed by atoms with van der Waals surface area (Å²) in [6.45, 7) is 0. The van der Waals surface area contributed by atoms with Gasteiger partial charge in [-0.15, -0.1) is 16.4 Å². The molecule has 2 aromatic carbocycles. The van der Waals surface area contributed by atoms with Crippen LogP contribution in [0.5, 0.6) is 5.75 Å². The van der Waals surface area contributed by atoms with Crippen LogP contribution in [0.25, 0.3) is 21.3 Å². The van der Waals surface area contributed by atoms with Gasteiger partial charge in [-0.2, -0.15) is 5.10 Å². The molecule has 0 amide bonds. The lowest BCUT2D eigenvalue weighted by Crippen LogP contribution is -1.89. The summed E-state index contributed by atoms with van der Waals surface area (Å²) in [6, 6.07) is 16.1. The molecule has 0 radical (unpaired) electrons. The predicted molar refractivity (Wildman–Crippen MR) is 103 cm³/mol. The van der Waals surface area contributed by atoms with Gasteiger partial charge >= 0.3 is 0 Å². The van der Waals surface area contributed by atoms with Gasteiger partial charge in [0.05, 0.1) is 24.6 Å². The van der Waals surface area contributed by atoms with Crippen molar-refractivity contribution in [2.24, 2.45) is 0 Å². The van der Waals surface area contributed by atoms with Crippen LogP contribution in [-0.4, -0.2) is 22.3 Å². The standard InChI is InChI=1S/C19H15N3OS2/c1-23-17-9-5-4-8-16(17)18-21-14(11-24-18)12-25-19-15-7-3-2-6-13(15)10-20-22-19/h2-11H,12H2,1H3. The zero-order valence-electron chi connectivity index (χ0n) is 13.5. The van der Waals surface area contributed by atoms with E-state index in [0.29, 0.717) is 0 Å². The van der Waals surface area contributed by atoms with Crippen LogP contribution in [0.3, 0.4) is 0 Å². The number of nitrogens with zero attached hydrogens (tertiary/aromatic N) is 3. The minimum Gasteiger partial charge on any atom is -0.496 e. The number of rotatable bonds is 5. The highest BCUT2D eigenvalue weighted by molar-refractivity contribution is 7.98. The average molecular weight is 365 g/mol. The number of hydrogen-bond donors (Lipinski definition) is 0. The third-order valence-corrected chi connectivity index (χ3v) is 5.72. The molecular weight excluding hydrogens is 350 g/mol. The van der Waals surface area contributed by atoms with E-state index >= 15 is 0 Å². The molecular formula is C19H15N3OS2. The highest BCUT2D eigenvalue weighted by atomic mass is 32.2. The molecule has 4 nitrogen and oxygen atoms in total. The Kier molecular flexibility index (Phi) is 4.63. The van der Waals surface area contributed by atoms with E-state index in [1.54, 1.807) is 36.4 Å². The number of aromatic nitrogens is 3. The fourth-order valence-corrected chi connectivity index (χ4v) is 4.40. The first-order chi connectivity index (χ1) is 12.3. The number of thioether (sulfide) groups is 1. The molecule has 0 saturated heterocycles. The summed E-state index contributed by atoms with van der Waals surface area (Å²) < 4.78 is 5.43. The van der Waals surface area contributed by atoms with Crippen LogP contribution in [0, 0.1) is 0 Å². The molecule has 0 fully saturated rings. The lowest BCUT2D eigenvalue weighted by Gasteiger charge is -2.04. The highest BCUT2D eigenvalue weighted by Gasteiger charge is 2.11. The first-order valence-electron chi connectivity index (χ1n) is 7.76. The maximum Gasteiger partial charge on any atom is 0.129 e. The lowest BCUT2D eigenvalue weighted by atomic mass is 10.2. The zero-order valence-corrected chi connectivity index (χ0v) is 15.2. The Morgan fingerprint density at radius 1 is 1.08 bits per heavy atom. The molecule has 0 aliphatic heterocycles. The van der Waals surface area contributed by atoms with E-state index in [4.69, 9.17) is 9.72 Å². The first kappa shape index (κ1) is 16.1. The largest absolute Gasteiger partial charge is 0.496 e. The van der Waals surface area contributed by atoms with Crippen molar-refractivity contribution in [1.29, 1.82) is 0 Å². The van der Waals surface area contributed by atoms with Crippen LogP contribution in [0.2, 0.25) is 0 Å². The fourth-order valence-electron chi connectivity index (χ4n) is 2.57. The number of thiazole rings is 1. The van der Waals surface area contributed by atoms with Gasteiger partial charge in [-0.25, -0.2) is 4.98 Å². The lowest BCUT2D eigenvalue weighted by molar-refractivity contribution is 0.416. The molecule has 2 heterocycles. The number of ether oxygens (including phenoxy) is 1. The molecule has 4 rings (SSSR count). The summed E-state index contributed by atoms with van der Waals surface area (Å²) >= 11 is 3.29. The highest BCUT2D eigenvalue weighted by Crippen LogP contribution is 2.34. The SMILES string of the molecule is COc1ccccc1-c1nc(CSc2nncc3ccccc23)cs1. The molecule has 0 N–H and O–H groups in total. The van der Waals surface area contributed by atoms with Crippen molar-refractivity contribution in [2.45, 2.75) is 10.8 Å². The van der Waals surface area contributed by atoms with E-state index < -0.39 is 0 Å². The zero-order chi connectivity index (χ0) is 17.1. The van der Waals surface area contributed by atoms with E-state index in [1.165, 1.54) is 0 Å². The van der Waals surface area contributed by atoms with Crippen LogP contribution in [0.4, 0.5) is 0 Å². The summed E-state index contributed by atoms with van der Waals surface area (Å²) in [5.41, 5.74) is 2.06. The molecule has 0 saturated carbocycles. The molecule has 6 heteroatoms. The number of benzene rings is 2. The van der Waals surface area contributed by atoms with Crippen molar-refractivity contribution in [1.82, 2.24) is 15.2 Å². The van der Waals surface area contributed by atoms with Crippen molar-refractivity contribution < 1.29 is 4.74 Å². The van der Waals surface area contributed by atoms with Gasteiger partial charge in [0, 0.05) is 21.9 Å². The van der Waals surface area contributed by atoms with Gasteiger partial charge in [0.15, 0.2) is 0 Å². The Hall–Kier alpha value is -2.44. The van der Waals surface area contributed by atoms with Crippen LogP contribution in [0.15, 0.2) is 65.1 Å². The van der Waals surface area contributed by atoms with Gasteiger partial charge in [-0.3, -0.25) is 0 Å². The maximum atomic E-state index is 5.43. The van der Waals surface area contributed by atoms with Crippen LogP contribution < -0.4 is 4.74 Å². The van der Waals surface area contributed by atoms with Gasteiger partial charge < -0.3 is 4.74 Å². The van der Waals surface area contributed by atoms with Gasteiger partial charge in [0.1, 0.15) is 15.8 Å². The fraction of sp³-hybridized carbons (Fsp3) is 0.105. The first-order valence-corrected chi connectivity index (χ1v) is 9.62. The molecule has 0 spiro atoms. The van der Waals surface area contributed by atoms with E-state index in [2.05, 4.69) is 27.7 Å². The van der Waals surface area contributed by atoms with Crippen molar-refractivity contribution in [3.63, 3.8) is 0 Å². The summed E-state index contributed by atoms with van der Waals surface area (Å²) in [4.78, 5) is 4.75. The molecule has 4 aromatic rings. The van der Waals surface area contributed by atoms with Gasteiger partial charge in [0.2, 0.25) is 0 Å². The van der Waals surface area contributed by atoms with E-state index in [1.807, 2.05) is 36.4 Å². The van der Waals surface area contributed by atoms with Gasteiger partial charge in [0.25, 0.3) is 0 Å². The monoisotopic (exact) mass is 365 g/mol. The van der Waals surface area contributed by atoms with Crippen molar-refractivity contribution >= 4 is 33.9 Å². The summed E-state index contributed by atoms with van der Waals surface area (Å²) in [5.74, 6) is 1.60. The molecule has 0 atom stereocenters. The van der Waals surface area contributed by atoms with Crippen molar-refractivity contribution in [2.75, 3.05) is 7.11 Å². The summed E-state index contributed by atoms with van der Waals surface area (Å²) in [6.07, 6.45) is 1.79. The second-order valence-electron chi connectivity index (χ2n) is 5.37. The van der Waals surface area contributed by atoms with E-state index in [9.17, 15) is 0 Å².